The summed E-state index contributed by atoms with van der Waals surface area (Å²) in [6, 6.07) is 8.04. The van der Waals surface area contributed by atoms with Crippen LogP contribution in [0, 0.1) is 0 Å². The van der Waals surface area contributed by atoms with Crippen LogP contribution in [0.2, 0.25) is 0 Å². The van der Waals surface area contributed by atoms with Crippen LogP contribution in [-0.4, -0.2) is 27.1 Å². The van der Waals surface area contributed by atoms with Crippen LogP contribution in [0.25, 0.3) is 10.9 Å². The molecule has 2 aromatic rings. The highest BCUT2D eigenvalue weighted by Crippen LogP contribution is 2.21. The molecule has 0 bridgehead atoms. The van der Waals surface area contributed by atoms with Gasteiger partial charge in [-0.05, 0) is 31.4 Å². The summed E-state index contributed by atoms with van der Waals surface area (Å²) in [4.78, 5) is 23.3. The van der Waals surface area contributed by atoms with Crippen molar-refractivity contribution in [1.82, 2.24) is 9.88 Å². The van der Waals surface area contributed by atoms with E-state index in [1.165, 1.54) is 6.92 Å². The Hall–Kier alpha value is -2.30. The normalized spacial score (nSPS) is 13.8. The van der Waals surface area contributed by atoms with Crippen molar-refractivity contribution in [1.29, 1.82) is 0 Å². The second-order valence-electron chi connectivity index (χ2n) is 5.82. The van der Waals surface area contributed by atoms with Gasteiger partial charge in [-0.15, -0.1) is 0 Å². The number of benzene rings is 1. The van der Waals surface area contributed by atoms with Crippen LogP contribution in [0.4, 0.5) is 0 Å². The zero-order chi connectivity index (χ0) is 16.3. The minimum absolute atomic E-state index is 0.236. The number of rotatable bonds is 6. The Bertz CT molecular complexity index is 705. The molecule has 5 heteroatoms. The Balaban J connectivity index is 2.06. The van der Waals surface area contributed by atoms with Gasteiger partial charge in [0, 0.05) is 30.6 Å². The van der Waals surface area contributed by atoms with Gasteiger partial charge in [0.15, 0.2) is 0 Å². The van der Waals surface area contributed by atoms with Gasteiger partial charge in [-0.2, -0.15) is 0 Å². The predicted octanol–water partition coefficient (Wildman–Crippen LogP) is 2.48. The van der Waals surface area contributed by atoms with Gasteiger partial charge in [0.25, 0.3) is 0 Å². The van der Waals surface area contributed by atoms with E-state index >= 15 is 0 Å². The van der Waals surface area contributed by atoms with Crippen LogP contribution in [0.5, 0.6) is 0 Å². The van der Waals surface area contributed by atoms with Crippen molar-refractivity contribution in [3.63, 3.8) is 0 Å². The molecule has 0 saturated heterocycles. The minimum atomic E-state index is -1.20. The molecule has 22 heavy (non-hydrogen) atoms. The average Bonchev–Trinajstić information content (AvgIpc) is 2.82. The topological polar surface area (TPSA) is 71.3 Å². The second kappa shape index (κ2) is 6.22. The molecular formula is C17H22N2O3. The van der Waals surface area contributed by atoms with E-state index in [0.29, 0.717) is 12.8 Å². The third-order valence-electron chi connectivity index (χ3n) is 4.20. The summed E-state index contributed by atoms with van der Waals surface area (Å²) in [5.41, 5.74) is 1.03. The Morgan fingerprint density at radius 3 is 2.64 bits per heavy atom. The van der Waals surface area contributed by atoms with Crippen molar-refractivity contribution in [2.24, 2.45) is 7.05 Å². The number of aryl methyl sites for hydroxylation is 2. The molecule has 0 saturated carbocycles. The van der Waals surface area contributed by atoms with Gasteiger partial charge in [0.1, 0.15) is 5.54 Å². The Morgan fingerprint density at radius 2 is 2.00 bits per heavy atom. The van der Waals surface area contributed by atoms with Crippen LogP contribution < -0.4 is 5.32 Å². The number of aliphatic carboxylic acids is 1. The predicted molar refractivity (Wildman–Crippen MR) is 85.7 cm³/mol. The van der Waals surface area contributed by atoms with Crippen molar-refractivity contribution >= 4 is 22.8 Å². The fourth-order valence-corrected chi connectivity index (χ4v) is 2.54. The zero-order valence-corrected chi connectivity index (χ0v) is 13.2. The number of carboxylic acids is 1. The van der Waals surface area contributed by atoms with Gasteiger partial charge in [0.05, 0.1) is 0 Å². The summed E-state index contributed by atoms with van der Waals surface area (Å²) in [5, 5.41) is 12.9. The highest BCUT2D eigenvalue weighted by atomic mass is 16.4. The second-order valence-corrected chi connectivity index (χ2v) is 5.82. The summed E-state index contributed by atoms with van der Waals surface area (Å²) in [6.07, 6.45) is 3.24. The first-order valence-electron chi connectivity index (χ1n) is 7.44. The minimum Gasteiger partial charge on any atom is -0.480 e. The molecule has 118 valence electrons. The lowest BCUT2D eigenvalue weighted by Gasteiger charge is -2.24. The Labute approximate surface area is 129 Å². The van der Waals surface area contributed by atoms with Crippen molar-refractivity contribution in [3.05, 3.63) is 36.0 Å². The van der Waals surface area contributed by atoms with E-state index in [4.69, 9.17) is 0 Å². The smallest absolute Gasteiger partial charge is 0.329 e. The standard InChI is InChI=1S/C17H22N2O3/c1-4-17(2,16(21)22)18-15(20)10-9-12-11-19(3)14-8-6-5-7-13(12)14/h5-8,11H,4,9-10H2,1-3H3,(H,18,20)(H,21,22). The van der Waals surface area contributed by atoms with E-state index in [2.05, 4.69) is 5.32 Å². The number of carbonyl (C=O) groups excluding carboxylic acids is 1. The molecule has 1 amide bonds. The van der Waals surface area contributed by atoms with Gasteiger partial charge >= 0.3 is 5.97 Å². The summed E-state index contributed by atoms with van der Waals surface area (Å²) < 4.78 is 2.04. The van der Waals surface area contributed by atoms with Gasteiger partial charge in [-0.1, -0.05) is 25.1 Å². The number of amides is 1. The lowest BCUT2D eigenvalue weighted by molar-refractivity contribution is -0.147. The van der Waals surface area contributed by atoms with E-state index in [0.717, 1.165) is 16.5 Å². The molecule has 2 rings (SSSR count). The Kier molecular flexibility index (Phi) is 4.54. The molecule has 1 aromatic heterocycles. The third kappa shape index (κ3) is 3.13. The molecule has 2 N–H and O–H groups in total. The molecule has 0 aliphatic carbocycles. The Morgan fingerprint density at radius 1 is 1.32 bits per heavy atom. The van der Waals surface area contributed by atoms with Crippen molar-refractivity contribution in [3.8, 4) is 0 Å². The molecule has 1 atom stereocenters. The van der Waals surface area contributed by atoms with E-state index in [-0.39, 0.29) is 12.3 Å². The molecule has 1 unspecified atom stereocenters. The van der Waals surface area contributed by atoms with Gasteiger partial charge in [-0.25, -0.2) is 4.79 Å². The molecule has 0 spiro atoms. The summed E-state index contributed by atoms with van der Waals surface area (Å²) >= 11 is 0. The first kappa shape index (κ1) is 16.1. The van der Waals surface area contributed by atoms with Gasteiger partial charge < -0.3 is 15.0 Å². The largest absolute Gasteiger partial charge is 0.480 e. The van der Waals surface area contributed by atoms with E-state index in [1.807, 2.05) is 42.1 Å². The molecule has 1 aromatic carbocycles. The molecule has 0 aliphatic heterocycles. The number of hydrogen-bond acceptors (Lipinski definition) is 2. The highest BCUT2D eigenvalue weighted by Gasteiger charge is 2.32. The van der Waals surface area contributed by atoms with Crippen LogP contribution in [0.3, 0.4) is 0 Å². The van der Waals surface area contributed by atoms with E-state index in [1.54, 1.807) is 6.92 Å². The lowest BCUT2D eigenvalue weighted by atomic mass is 9.98. The van der Waals surface area contributed by atoms with Crippen molar-refractivity contribution in [2.45, 2.75) is 38.6 Å². The maximum Gasteiger partial charge on any atom is 0.329 e. The highest BCUT2D eigenvalue weighted by molar-refractivity contribution is 5.88. The van der Waals surface area contributed by atoms with Gasteiger partial charge in [0.2, 0.25) is 5.91 Å². The summed E-state index contributed by atoms with van der Waals surface area (Å²) in [5.74, 6) is -1.24. The van der Waals surface area contributed by atoms with Crippen molar-refractivity contribution < 1.29 is 14.7 Å². The third-order valence-corrected chi connectivity index (χ3v) is 4.20. The van der Waals surface area contributed by atoms with Crippen LogP contribution in [0.15, 0.2) is 30.5 Å². The SMILES string of the molecule is CCC(C)(NC(=O)CCc1cn(C)c2ccccc12)C(=O)O. The van der Waals surface area contributed by atoms with Crippen molar-refractivity contribution in [2.75, 3.05) is 0 Å². The first-order chi connectivity index (χ1) is 10.4. The van der Waals surface area contributed by atoms with E-state index < -0.39 is 11.5 Å². The first-order valence-corrected chi connectivity index (χ1v) is 7.44. The number of para-hydroxylation sites is 1. The number of aromatic nitrogens is 1. The van der Waals surface area contributed by atoms with Crippen LogP contribution in [-0.2, 0) is 23.1 Å². The number of carboxylic acid groups (broad SMARTS) is 1. The fraction of sp³-hybridized carbons (Fsp3) is 0.412. The number of carbonyl (C=O) groups is 2. The number of nitrogens with one attached hydrogen (secondary N) is 1. The maximum atomic E-state index is 12.1. The molecule has 0 aliphatic rings. The molecule has 0 radical (unpaired) electrons. The average molecular weight is 302 g/mol. The number of hydrogen-bond donors (Lipinski definition) is 2. The molecule has 5 nitrogen and oxygen atoms in total. The monoisotopic (exact) mass is 302 g/mol. The number of nitrogens with zero attached hydrogens (tertiary/aromatic N) is 1. The van der Waals surface area contributed by atoms with E-state index in [9.17, 15) is 14.7 Å². The van der Waals surface area contributed by atoms with Gasteiger partial charge in [-0.3, -0.25) is 4.79 Å². The molecular weight excluding hydrogens is 280 g/mol. The quantitative estimate of drug-likeness (QED) is 0.861. The summed E-state index contributed by atoms with van der Waals surface area (Å²) in [7, 11) is 1.98. The molecule has 1 heterocycles. The fourth-order valence-electron chi connectivity index (χ4n) is 2.54. The molecule has 0 fully saturated rings. The van der Waals surface area contributed by atoms with Crippen LogP contribution >= 0.6 is 0 Å². The van der Waals surface area contributed by atoms with Crippen LogP contribution in [0.1, 0.15) is 32.3 Å². The number of fused-ring (bicyclic) bond motifs is 1. The maximum absolute atomic E-state index is 12.1. The lowest BCUT2D eigenvalue weighted by Crippen LogP contribution is -2.51. The zero-order valence-electron chi connectivity index (χ0n) is 13.2. The summed E-state index contributed by atoms with van der Waals surface area (Å²) in [6.45, 7) is 3.28.